The van der Waals surface area contributed by atoms with E-state index in [1.807, 2.05) is 0 Å². The molecule has 0 aliphatic rings. The van der Waals surface area contributed by atoms with Crippen molar-refractivity contribution < 1.29 is 28.6 Å². The Kier molecular flexibility index (Phi) is 3.43. The van der Waals surface area contributed by atoms with Crippen LogP contribution in [-0.2, 0) is 9.59 Å². The van der Waals surface area contributed by atoms with Crippen LogP contribution in [0.2, 0.25) is 0 Å². The lowest BCUT2D eigenvalue weighted by atomic mass is 10.2. The smallest absolute Gasteiger partial charge is 0.338 e. The molecule has 0 spiro atoms. The zero-order valence-corrected chi connectivity index (χ0v) is 5.33. The molecule has 0 radical (unpaired) electrons. The predicted molar refractivity (Wildman–Crippen MR) is 29.7 cm³/mol. The van der Waals surface area contributed by atoms with Gasteiger partial charge in [-0.25, -0.2) is 18.4 Å². The van der Waals surface area contributed by atoms with E-state index >= 15 is 0 Å². The van der Waals surface area contributed by atoms with Crippen LogP contribution in [0.4, 0.5) is 8.78 Å². The Morgan fingerprint density at radius 3 is 1.55 bits per heavy atom. The van der Waals surface area contributed by atoms with Crippen molar-refractivity contribution in [3.8, 4) is 0 Å². The Hall–Kier alpha value is -1.20. The van der Waals surface area contributed by atoms with E-state index in [2.05, 4.69) is 0 Å². The average molecular weight is 168 g/mol. The van der Waals surface area contributed by atoms with Gasteiger partial charge in [0.25, 0.3) is 0 Å². The number of carboxylic acid groups (broad SMARTS) is 2. The minimum atomic E-state index is -2.46. The second-order valence-electron chi connectivity index (χ2n) is 1.85. The third-order valence-corrected chi connectivity index (χ3v) is 0.950. The van der Waals surface area contributed by atoms with Gasteiger partial charge in [-0.2, -0.15) is 0 Å². The van der Waals surface area contributed by atoms with Crippen molar-refractivity contribution >= 4 is 11.9 Å². The van der Waals surface area contributed by atoms with Crippen LogP contribution in [0.3, 0.4) is 0 Å². The molecule has 0 aromatic rings. The number of halogens is 2. The molecule has 4 nitrogen and oxygen atoms in total. The van der Waals surface area contributed by atoms with Crippen molar-refractivity contribution in [1.82, 2.24) is 0 Å². The number of hydrogen-bond donors (Lipinski definition) is 2. The minimum Gasteiger partial charge on any atom is -0.479 e. The second-order valence-corrected chi connectivity index (χ2v) is 1.85. The summed E-state index contributed by atoms with van der Waals surface area (Å²) in [6, 6.07) is 0. The minimum absolute atomic E-state index is 1.15. The van der Waals surface area contributed by atoms with E-state index in [1.54, 1.807) is 0 Å². The van der Waals surface area contributed by atoms with Crippen molar-refractivity contribution in [2.24, 2.45) is 0 Å². The number of hydrogen-bond acceptors (Lipinski definition) is 2. The number of alkyl halides is 2. The molecule has 0 amide bonds. The lowest BCUT2D eigenvalue weighted by molar-refractivity contribution is -0.147. The Bertz CT molecular complexity index is 152. The van der Waals surface area contributed by atoms with Crippen molar-refractivity contribution in [3.63, 3.8) is 0 Å². The second kappa shape index (κ2) is 3.85. The summed E-state index contributed by atoms with van der Waals surface area (Å²) in [6.45, 7) is 0. The Balaban J connectivity index is 3.84. The highest BCUT2D eigenvalue weighted by Gasteiger charge is 2.25. The maximum atomic E-state index is 12.0. The molecule has 2 N–H and O–H groups in total. The van der Waals surface area contributed by atoms with E-state index in [0.29, 0.717) is 0 Å². The molecule has 0 bridgehead atoms. The molecule has 64 valence electrons. The highest BCUT2D eigenvalue weighted by atomic mass is 19.1. The van der Waals surface area contributed by atoms with Crippen LogP contribution in [0, 0.1) is 0 Å². The third kappa shape index (κ3) is 3.49. The van der Waals surface area contributed by atoms with E-state index in [9.17, 15) is 18.4 Å². The van der Waals surface area contributed by atoms with Crippen LogP contribution in [0.5, 0.6) is 0 Å². The number of carboxylic acids is 2. The molecule has 0 rings (SSSR count). The summed E-state index contributed by atoms with van der Waals surface area (Å²) in [6.07, 6.45) is -6.06. The molecule has 2 atom stereocenters. The quantitative estimate of drug-likeness (QED) is 0.629. The van der Waals surface area contributed by atoms with E-state index in [-0.39, 0.29) is 0 Å². The Morgan fingerprint density at radius 1 is 1.09 bits per heavy atom. The van der Waals surface area contributed by atoms with Gasteiger partial charge < -0.3 is 10.2 Å². The summed E-state index contributed by atoms with van der Waals surface area (Å²) < 4.78 is 24.1. The number of aliphatic carboxylic acids is 2. The van der Waals surface area contributed by atoms with Gasteiger partial charge in [-0.15, -0.1) is 0 Å². The molecular formula is C5H6F2O4. The van der Waals surface area contributed by atoms with Gasteiger partial charge in [0.05, 0.1) is 0 Å². The molecule has 11 heavy (non-hydrogen) atoms. The van der Waals surface area contributed by atoms with Crippen molar-refractivity contribution in [1.29, 1.82) is 0 Å². The monoisotopic (exact) mass is 168 g/mol. The van der Waals surface area contributed by atoms with E-state index in [0.717, 1.165) is 0 Å². The largest absolute Gasteiger partial charge is 0.479 e. The van der Waals surface area contributed by atoms with Crippen LogP contribution in [0.25, 0.3) is 0 Å². The van der Waals surface area contributed by atoms with E-state index < -0.39 is 30.7 Å². The maximum absolute atomic E-state index is 12.0. The van der Waals surface area contributed by atoms with Gasteiger partial charge in [0, 0.05) is 6.42 Å². The molecule has 0 heterocycles. The zero-order chi connectivity index (χ0) is 9.02. The van der Waals surface area contributed by atoms with Gasteiger partial charge in [0.15, 0.2) is 12.3 Å². The van der Waals surface area contributed by atoms with Crippen LogP contribution >= 0.6 is 0 Å². The fraction of sp³-hybridized carbons (Fsp3) is 0.600. The van der Waals surface area contributed by atoms with E-state index in [1.165, 1.54) is 0 Å². The zero-order valence-electron chi connectivity index (χ0n) is 5.33. The lowest BCUT2D eigenvalue weighted by Crippen LogP contribution is -2.24. The van der Waals surface area contributed by atoms with Crippen LogP contribution in [0.1, 0.15) is 6.42 Å². The van der Waals surface area contributed by atoms with Gasteiger partial charge >= 0.3 is 11.9 Å². The van der Waals surface area contributed by atoms with Gasteiger partial charge in [0.2, 0.25) is 0 Å². The summed E-state index contributed by atoms with van der Waals surface area (Å²) in [5.41, 5.74) is 0. The summed E-state index contributed by atoms with van der Waals surface area (Å²) >= 11 is 0. The summed E-state index contributed by atoms with van der Waals surface area (Å²) in [4.78, 5) is 19.4. The fourth-order valence-electron chi connectivity index (χ4n) is 0.383. The Morgan fingerprint density at radius 2 is 1.36 bits per heavy atom. The summed E-state index contributed by atoms with van der Waals surface area (Å²) in [7, 11) is 0. The first-order valence-electron chi connectivity index (χ1n) is 2.69. The third-order valence-electron chi connectivity index (χ3n) is 0.950. The normalized spacial score (nSPS) is 15.5. The predicted octanol–water partition coefficient (Wildman–Crippen LogP) is 0.222. The average Bonchev–Trinajstić information content (AvgIpc) is 1.87. The molecule has 0 aliphatic heterocycles. The first-order chi connectivity index (χ1) is 4.95. The van der Waals surface area contributed by atoms with Crippen molar-refractivity contribution in [2.75, 3.05) is 0 Å². The molecule has 0 saturated heterocycles. The first kappa shape index (κ1) is 9.80. The lowest BCUT2D eigenvalue weighted by Gasteiger charge is -2.03. The van der Waals surface area contributed by atoms with Crippen LogP contribution in [-0.4, -0.2) is 34.5 Å². The molecule has 0 fully saturated rings. The number of carbonyl (C=O) groups is 2. The van der Waals surface area contributed by atoms with Crippen molar-refractivity contribution in [3.05, 3.63) is 0 Å². The van der Waals surface area contributed by atoms with Crippen molar-refractivity contribution in [2.45, 2.75) is 18.8 Å². The first-order valence-corrected chi connectivity index (χ1v) is 2.69. The molecular weight excluding hydrogens is 162 g/mol. The van der Waals surface area contributed by atoms with E-state index in [4.69, 9.17) is 10.2 Å². The summed E-state index contributed by atoms with van der Waals surface area (Å²) in [5.74, 6) is -3.71. The Labute approximate surface area is 60.4 Å². The fourth-order valence-corrected chi connectivity index (χ4v) is 0.383. The van der Waals surface area contributed by atoms with Crippen LogP contribution < -0.4 is 0 Å². The maximum Gasteiger partial charge on any atom is 0.338 e. The molecule has 0 aromatic carbocycles. The number of rotatable bonds is 4. The van der Waals surface area contributed by atoms with Gasteiger partial charge in [-0.3, -0.25) is 0 Å². The van der Waals surface area contributed by atoms with Gasteiger partial charge in [0.1, 0.15) is 0 Å². The molecule has 0 aromatic heterocycles. The van der Waals surface area contributed by atoms with Crippen LogP contribution in [0.15, 0.2) is 0 Å². The topological polar surface area (TPSA) is 74.6 Å². The molecule has 0 saturated carbocycles. The summed E-state index contributed by atoms with van der Waals surface area (Å²) in [5, 5.41) is 15.8. The SMILES string of the molecule is O=C(O)C(F)CC(F)C(=O)O. The molecule has 2 unspecified atom stereocenters. The van der Waals surface area contributed by atoms with Gasteiger partial charge in [-0.1, -0.05) is 0 Å². The molecule has 6 heteroatoms. The van der Waals surface area contributed by atoms with Gasteiger partial charge in [-0.05, 0) is 0 Å². The standard InChI is InChI=1S/C5H6F2O4/c6-2(4(8)9)1-3(7)5(10)11/h2-3H,1H2,(H,8,9)(H,10,11). The highest BCUT2D eigenvalue weighted by molar-refractivity contribution is 5.76. The molecule has 0 aliphatic carbocycles. The highest BCUT2D eigenvalue weighted by Crippen LogP contribution is 2.06.